The fraction of sp³-hybridized carbons (Fsp3) is 0.538. The van der Waals surface area contributed by atoms with Crippen LogP contribution >= 0.6 is 23.2 Å². The van der Waals surface area contributed by atoms with Gasteiger partial charge in [0.1, 0.15) is 4.90 Å². The lowest BCUT2D eigenvalue weighted by molar-refractivity contribution is 0.485. The van der Waals surface area contributed by atoms with Crippen LogP contribution < -0.4 is 10.5 Å². The van der Waals surface area contributed by atoms with Gasteiger partial charge in [0, 0.05) is 11.1 Å². The van der Waals surface area contributed by atoms with Gasteiger partial charge >= 0.3 is 0 Å². The summed E-state index contributed by atoms with van der Waals surface area (Å²) in [5.41, 5.74) is 5.77. The lowest BCUT2D eigenvalue weighted by Crippen LogP contribution is -2.33. The van der Waals surface area contributed by atoms with Crippen LogP contribution in [0.15, 0.2) is 17.0 Å². The molecule has 0 aliphatic heterocycles. The summed E-state index contributed by atoms with van der Waals surface area (Å²) in [4.78, 5) is -0.111. The molecule has 0 fully saturated rings. The maximum atomic E-state index is 12.3. The molecule has 20 heavy (non-hydrogen) atoms. The van der Waals surface area contributed by atoms with Crippen LogP contribution in [-0.2, 0) is 10.0 Å². The average molecular weight is 339 g/mol. The van der Waals surface area contributed by atoms with E-state index in [0.717, 1.165) is 12.8 Å². The summed E-state index contributed by atoms with van der Waals surface area (Å²) in [5, 5.41) is 0.331. The molecule has 0 aromatic heterocycles. The van der Waals surface area contributed by atoms with Gasteiger partial charge in [-0.15, -0.1) is 0 Å². The Kier molecular flexibility index (Phi) is 6.13. The van der Waals surface area contributed by atoms with E-state index in [1.807, 2.05) is 6.92 Å². The molecule has 0 radical (unpaired) electrons. The number of sulfonamides is 1. The van der Waals surface area contributed by atoms with Gasteiger partial charge in [-0.1, -0.05) is 37.0 Å². The van der Waals surface area contributed by atoms with Gasteiger partial charge in [-0.25, -0.2) is 13.1 Å². The molecule has 1 unspecified atom stereocenters. The molecule has 7 heteroatoms. The highest BCUT2D eigenvalue weighted by atomic mass is 35.5. The number of nitrogen functional groups attached to an aromatic ring is 1. The van der Waals surface area contributed by atoms with Gasteiger partial charge < -0.3 is 5.73 Å². The Hall–Kier alpha value is -0.490. The van der Waals surface area contributed by atoms with Crippen molar-refractivity contribution < 1.29 is 8.42 Å². The van der Waals surface area contributed by atoms with Crippen LogP contribution in [0.25, 0.3) is 0 Å². The summed E-state index contributed by atoms with van der Waals surface area (Å²) in [7, 11) is -3.75. The van der Waals surface area contributed by atoms with Crippen molar-refractivity contribution in [2.75, 3.05) is 5.73 Å². The van der Waals surface area contributed by atoms with Gasteiger partial charge in [0.2, 0.25) is 10.0 Å². The first-order valence-electron chi connectivity index (χ1n) is 6.40. The lowest BCUT2D eigenvalue weighted by atomic mass is 10.1. The van der Waals surface area contributed by atoms with E-state index in [1.54, 1.807) is 0 Å². The standard InChI is InChI=1S/C13H20Cl2N2O2S/c1-8(2)4-5-9(3)17-20(18,19)13-11(15)6-10(14)7-12(13)16/h6-9,17H,4-5,16H2,1-3H3. The van der Waals surface area contributed by atoms with Crippen molar-refractivity contribution in [2.45, 2.75) is 44.6 Å². The Bertz CT molecular complexity index is 551. The predicted octanol–water partition coefficient (Wildman–Crippen LogP) is 3.68. The number of nitrogens with one attached hydrogen (secondary N) is 1. The minimum absolute atomic E-state index is 0.0264. The highest BCUT2D eigenvalue weighted by molar-refractivity contribution is 7.89. The first-order valence-corrected chi connectivity index (χ1v) is 8.64. The van der Waals surface area contributed by atoms with Gasteiger partial charge in [-0.05, 0) is 37.8 Å². The summed E-state index contributed by atoms with van der Waals surface area (Å²) in [6.45, 7) is 6.00. The third-order valence-corrected chi connectivity index (χ3v) is 5.17. The molecule has 1 rings (SSSR count). The van der Waals surface area contributed by atoms with Crippen LogP contribution in [0.5, 0.6) is 0 Å². The monoisotopic (exact) mass is 338 g/mol. The number of halogens is 2. The lowest BCUT2D eigenvalue weighted by Gasteiger charge is -2.17. The number of anilines is 1. The largest absolute Gasteiger partial charge is 0.398 e. The maximum absolute atomic E-state index is 12.3. The SMILES string of the molecule is CC(C)CCC(C)NS(=O)(=O)c1c(N)cc(Cl)cc1Cl. The summed E-state index contributed by atoms with van der Waals surface area (Å²) < 4.78 is 27.2. The minimum atomic E-state index is -3.75. The molecule has 0 aliphatic carbocycles. The zero-order valence-electron chi connectivity index (χ0n) is 11.8. The second kappa shape index (κ2) is 6.98. The molecule has 1 atom stereocenters. The molecule has 0 heterocycles. The zero-order chi connectivity index (χ0) is 15.5. The van der Waals surface area contributed by atoms with Crippen molar-refractivity contribution in [2.24, 2.45) is 5.92 Å². The molecule has 0 saturated heterocycles. The van der Waals surface area contributed by atoms with Gasteiger partial charge in [0.15, 0.2) is 0 Å². The predicted molar refractivity (Wildman–Crippen MR) is 84.7 cm³/mol. The van der Waals surface area contributed by atoms with E-state index in [0.29, 0.717) is 10.9 Å². The van der Waals surface area contributed by atoms with E-state index in [2.05, 4.69) is 18.6 Å². The van der Waals surface area contributed by atoms with E-state index in [1.165, 1.54) is 12.1 Å². The third-order valence-electron chi connectivity index (χ3n) is 2.84. The third kappa shape index (κ3) is 4.81. The zero-order valence-corrected chi connectivity index (χ0v) is 14.1. The fourth-order valence-corrected chi connectivity index (χ4v) is 4.09. The van der Waals surface area contributed by atoms with Crippen molar-refractivity contribution in [3.05, 3.63) is 22.2 Å². The van der Waals surface area contributed by atoms with Crippen LogP contribution in [-0.4, -0.2) is 14.5 Å². The van der Waals surface area contributed by atoms with E-state index in [-0.39, 0.29) is 21.6 Å². The molecule has 0 bridgehead atoms. The van der Waals surface area contributed by atoms with Gasteiger partial charge in [0.05, 0.1) is 10.7 Å². The highest BCUT2D eigenvalue weighted by Gasteiger charge is 2.23. The summed E-state index contributed by atoms with van der Waals surface area (Å²) >= 11 is 11.7. The first-order chi connectivity index (χ1) is 9.13. The topological polar surface area (TPSA) is 72.2 Å². The molecule has 0 aliphatic rings. The second-order valence-electron chi connectivity index (χ2n) is 5.30. The smallest absolute Gasteiger partial charge is 0.244 e. The Morgan fingerprint density at radius 3 is 2.30 bits per heavy atom. The normalized spacial score (nSPS) is 13.7. The molecule has 1 aromatic rings. The molecule has 3 N–H and O–H groups in total. The van der Waals surface area contributed by atoms with Crippen molar-refractivity contribution in [3.8, 4) is 0 Å². The Morgan fingerprint density at radius 2 is 1.80 bits per heavy atom. The highest BCUT2D eigenvalue weighted by Crippen LogP contribution is 2.31. The number of nitrogens with two attached hydrogens (primary N) is 1. The number of rotatable bonds is 6. The van der Waals surface area contributed by atoms with E-state index in [9.17, 15) is 8.42 Å². The van der Waals surface area contributed by atoms with Crippen LogP contribution in [0, 0.1) is 5.92 Å². The van der Waals surface area contributed by atoms with Crippen molar-refractivity contribution >= 4 is 38.9 Å². The number of hydrogen-bond acceptors (Lipinski definition) is 3. The van der Waals surface area contributed by atoms with Gasteiger partial charge in [0.25, 0.3) is 0 Å². The molecular weight excluding hydrogens is 319 g/mol. The van der Waals surface area contributed by atoms with Crippen LogP contribution in [0.3, 0.4) is 0 Å². The van der Waals surface area contributed by atoms with Gasteiger partial charge in [-0.2, -0.15) is 0 Å². The Balaban J connectivity index is 2.95. The van der Waals surface area contributed by atoms with E-state index < -0.39 is 10.0 Å². The van der Waals surface area contributed by atoms with Crippen LogP contribution in [0.2, 0.25) is 10.0 Å². The maximum Gasteiger partial charge on any atom is 0.244 e. The molecular formula is C13H20Cl2N2O2S. The fourth-order valence-electron chi connectivity index (χ4n) is 1.83. The number of benzene rings is 1. The number of hydrogen-bond donors (Lipinski definition) is 2. The molecule has 0 amide bonds. The second-order valence-corrected chi connectivity index (χ2v) is 7.79. The Labute approximate surface area is 130 Å². The quantitative estimate of drug-likeness (QED) is 0.777. The summed E-state index contributed by atoms with van der Waals surface area (Å²) in [5.74, 6) is 0.520. The van der Waals surface area contributed by atoms with Crippen molar-refractivity contribution in [1.82, 2.24) is 4.72 Å². The summed E-state index contributed by atoms with van der Waals surface area (Å²) in [6, 6.07) is 2.56. The van der Waals surface area contributed by atoms with E-state index in [4.69, 9.17) is 28.9 Å². The van der Waals surface area contributed by atoms with Crippen LogP contribution in [0.4, 0.5) is 5.69 Å². The molecule has 0 saturated carbocycles. The van der Waals surface area contributed by atoms with Crippen molar-refractivity contribution in [3.63, 3.8) is 0 Å². The summed E-state index contributed by atoms with van der Waals surface area (Å²) in [6.07, 6.45) is 1.69. The molecule has 4 nitrogen and oxygen atoms in total. The molecule has 0 spiro atoms. The van der Waals surface area contributed by atoms with E-state index >= 15 is 0 Å². The molecule has 114 valence electrons. The minimum Gasteiger partial charge on any atom is -0.398 e. The van der Waals surface area contributed by atoms with Crippen molar-refractivity contribution in [1.29, 1.82) is 0 Å². The van der Waals surface area contributed by atoms with Gasteiger partial charge in [-0.3, -0.25) is 0 Å². The Morgan fingerprint density at radius 1 is 1.20 bits per heavy atom. The average Bonchev–Trinajstić information content (AvgIpc) is 2.23. The van der Waals surface area contributed by atoms with Crippen LogP contribution in [0.1, 0.15) is 33.6 Å². The molecule has 1 aromatic carbocycles. The first kappa shape index (κ1) is 17.6.